The molecule has 0 spiro atoms. The van der Waals surface area contributed by atoms with Crippen molar-refractivity contribution in [1.82, 2.24) is 14.8 Å². The van der Waals surface area contributed by atoms with E-state index in [-0.39, 0.29) is 17.8 Å². The summed E-state index contributed by atoms with van der Waals surface area (Å²) in [5, 5.41) is 0. The average Bonchev–Trinajstić information content (AvgIpc) is 3.38. The maximum atomic E-state index is 13.2. The van der Waals surface area contributed by atoms with E-state index in [1.54, 1.807) is 12.1 Å². The second-order valence-corrected chi connectivity index (χ2v) is 8.90. The zero-order valence-corrected chi connectivity index (χ0v) is 18.1. The molecule has 1 fully saturated rings. The van der Waals surface area contributed by atoms with Crippen molar-refractivity contribution in [1.29, 1.82) is 0 Å². The highest BCUT2D eigenvalue weighted by Gasteiger charge is 2.39. The Morgan fingerprint density at radius 3 is 2.50 bits per heavy atom. The van der Waals surface area contributed by atoms with Crippen molar-refractivity contribution >= 4 is 5.91 Å². The van der Waals surface area contributed by atoms with Crippen LogP contribution in [0.5, 0.6) is 0 Å². The molecule has 4 unspecified atom stereocenters. The molecule has 1 amide bonds. The smallest absolute Gasteiger partial charge is 0.270 e. The number of allylic oxidation sites excluding steroid dienone is 3. The van der Waals surface area contributed by atoms with Gasteiger partial charge in [0.15, 0.2) is 0 Å². The average molecular weight is 408 g/mol. The molecule has 5 heteroatoms. The van der Waals surface area contributed by atoms with Crippen LogP contribution in [0.1, 0.15) is 24.3 Å². The number of aromatic amines is 1. The Morgan fingerprint density at radius 2 is 1.83 bits per heavy atom. The van der Waals surface area contributed by atoms with Gasteiger partial charge in [-0.05, 0) is 60.8 Å². The van der Waals surface area contributed by atoms with Crippen LogP contribution in [0.3, 0.4) is 0 Å². The van der Waals surface area contributed by atoms with Crippen LogP contribution in [-0.4, -0.2) is 53.9 Å². The number of nitrogens with zero attached hydrogens (tertiary/aromatic N) is 2. The number of carbonyl (C=O) groups excluding carboxylic acids is 1. The number of hydrogen-bond acceptors (Lipinski definition) is 2. The highest BCUT2D eigenvalue weighted by molar-refractivity contribution is 5.94. The molecule has 0 radical (unpaired) electrons. The lowest BCUT2D eigenvalue weighted by atomic mass is 9.82. The van der Waals surface area contributed by atoms with Gasteiger partial charge < -0.3 is 14.8 Å². The minimum atomic E-state index is -0.266. The molecule has 1 saturated heterocycles. The monoisotopic (exact) mass is 407 g/mol. The summed E-state index contributed by atoms with van der Waals surface area (Å²) in [6.45, 7) is 5.92. The number of amides is 1. The van der Waals surface area contributed by atoms with Crippen LogP contribution >= 0.6 is 0 Å². The van der Waals surface area contributed by atoms with Crippen molar-refractivity contribution in [3.8, 4) is 11.1 Å². The van der Waals surface area contributed by atoms with Crippen LogP contribution in [0.15, 0.2) is 60.3 Å². The number of nitrogens with one attached hydrogen (secondary N) is 1. The number of halogens is 1. The number of aromatic nitrogens is 1. The number of likely N-dealkylation sites (N-methyl/N-ethyl adjacent to an activating group) is 1. The molecule has 4 nitrogen and oxygen atoms in total. The first-order chi connectivity index (χ1) is 14.3. The third-order valence-electron chi connectivity index (χ3n) is 6.64. The summed E-state index contributed by atoms with van der Waals surface area (Å²) in [6, 6.07) is 8.47. The fraction of sp³-hybridized carbons (Fsp3) is 0.400. The molecule has 0 saturated carbocycles. The summed E-state index contributed by atoms with van der Waals surface area (Å²) >= 11 is 0. The van der Waals surface area contributed by atoms with Crippen LogP contribution in [0.4, 0.5) is 4.39 Å². The zero-order chi connectivity index (χ0) is 21.4. The molecule has 1 aliphatic heterocycles. The number of carbonyl (C=O) groups is 1. The summed E-state index contributed by atoms with van der Waals surface area (Å²) < 4.78 is 13.2. The van der Waals surface area contributed by atoms with E-state index in [2.05, 4.69) is 56.1 Å². The summed E-state index contributed by atoms with van der Waals surface area (Å²) in [5.74, 6) is 1.12. The number of rotatable bonds is 4. The fourth-order valence-electron chi connectivity index (χ4n) is 4.50. The molecule has 4 rings (SSSR count). The van der Waals surface area contributed by atoms with E-state index in [1.165, 1.54) is 17.7 Å². The topological polar surface area (TPSA) is 39.3 Å². The highest BCUT2D eigenvalue weighted by atomic mass is 19.1. The summed E-state index contributed by atoms with van der Waals surface area (Å²) in [6.07, 6.45) is 8.73. The molecule has 2 aromatic rings. The van der Waals surface area contributed by atoms with Crippen LogP contribution in [-0.2, 0) is 0 Å². The van der Waals surface area contributed by atoms with Crippen molar-refractivity contribution in [2.75, 3.05) is 27.2 Å². The second kappa shape index (κ2) is 8.23. The quantitative estimate of drug-likeness (QED) is 0.805. The van der Waals surface area contributed by atoms with Gasteiger partial charge in [0, 0.05) is 31.2 Å². The SMILES string of the molecule is CC1C=CC(C2CN(C(=O)c3cc(-c4ccc(F)cc4)c[nH]3)CC2N(C)C)=CC1C. The number of benzene rings is 1. The van der Waals surface area contributed by atoms with E-state index in [0.717, 1.165) is 11.1 Å². The Balaban J connectivity index is 1.53. The van der Waals surface area contributed by atoms with E-state index in [9.17, 15) is 9.18 Å². The van der Waals surface area contributed by atoms with Crippen LogP contribution < -0.4 is 0 Å². The standard InChI is InChI=1S/C25H30FN3O/c1-16-5-6-19(11-17(16)2)22-14-29(15-24(22)28(3)4)25(30)23-12-20(13-27-23)18-7-9-21(26)10-8-18/h5-13,16-17,22,24,27H,14-15H2,1-4H3. The van der Waals surface area contributed by atoms with Crippen molar-refractivity contribution in [3.63, 3.8) is 0 Å². The molecule has 30 heavy (non-hydrogen) atoms. The van der Waals surface area contributed by atoms with Gasteiger partial charge in [-0.3, -0.25) is 4.79 Å². The minimum absolute atomic E-state index is 0.0134. The van der Waals surface area contributed by atoms with Gasteiger partial charge in [-0.25, -0.2) is 4.39 Å². The lowest BCUT2D eigenvalue weighted by Crippen LogP contribution is -2.37. The van der Waals surface area contributed by atoms with Gasteiger partial charge in [0.2, 0.25) is 0 Å². The lowest BCUT2D eigenvalue weighted by molar-refractivity contribution is 0.0776. The molecular formula is C25H30FN3O. The Bertz CT molecular complexity index is 973. The van der Waals surface area contributed by atoms with Gasteiger partial charge in [-0.2, -0.15) is 0 Å². The Hall–Kier alpha value is -2.66. The Labute approximate surface area is 178 Å². The third kappa shape index (κ3) is 3.99. The molecule has 4 atom stereocenters. The number of hydrogen-bond donors (Lipinski definition) is 1. The van der Waals surface area contributed by atoms with Crippen molar-refractivity contribution in [3.05, 3.63) is 71.8 Å². The first kappa shape index (κ1) is 20.6. The molecule has 1 N–H and O–H groups in total. The Morgan fingerprint density at radius 1 is 1.10 bits per heavy atom. The van der Waals surface area contributed by atoms with E-state index < -0.39 is 0 Å². The van der Waals surface area contributed by atoms with Gasteiger partial charge in [0.05, 0.1) is 0 Å². The largest absolute Gasteiger partial charge is 0.357 e. The predicted octanol–water partition coefficient (Wildman–Crippen LogP) is 4.59. The van der Waals surface area contributed by atoms with Gasteiger partial charge in [-0.15, -0.1) is 0 Å². The normalized spacial score (nSPS) is 26.3. The second-order valence-electron chi connectivity index (χ2n) is 8.90. The summed E-state index contributed by atoms with van der Waals surface area (Å²) in [5.41, 5.74) is 3.69. The zero-order valence-electron chi connectivity index (χ0n) is 18.1. The summed E-state index contributed by atoms with van der Waals surface area (Å²) in [7, 11) is 4.18. The Kier molecular flexibility index (Phi) is 5.65. The third-order valence-corrected chi connectivity index (χ3v) is 6.64. The van der Waals surface area contributed by atoms with Crippen LogP contribution in [0, 0.1) is 23.6 Å². The number of H-pyrrole nitrogens is 1. The molecular weight excluding hydrogens is 377 g/mol. The maximum Gasteiger partial charge on any atom is 0.270 e. The molecule has 2 aliphatic rings. The molecule has 1 aliphatic carbocycles. The minimum Gasteiger partial charge on any atom is -0.357 e. The van der Waals surface area contributed by atoms with Crippen LogP contribution in [0.2, 0.25) is 0 Å². The van der Waals surface area contributed by atoms with E-state index in [0.29, 0.717) is 36.5 Å². The first-order valence-corrected chi connectivity index (χ1v) is 10.6. The van der Waals surface area contributed by atoms with E-state index in [4.69, 9.17) is 0 Å². The predicted molar refractivity (Wildman–Crippen MR) is 119 cm³/mol. The van der Waals surface area contributed by atoms with Gasteiger partial charge >= 0.3 is 0 Å². The molecule has 0 bridgehead atoms. The van der Waals surface area contributed by atoms with Crippen molar-refractivity contribution < 1.29 is 9.18 Å². The highest BCUT2D eigenvalue weighted by Crippen LogP contribution is 2.34. The molecule has 1 aromatic heterocycles. The molecule has 158 valence electrons. The molecule has 2 heterocycles. The molecule has 1 aromatic carbocycles. The van der Waals surface area contributed by atoms with Crippen molar-refractivity contribution in [2.45, 2.75) is 19.9 Å². The van der Waals surface area contributed by atoms with Gasteiger partial charge in [0.25, 0.3) is 5.91 Å². The maximum absolute atomic E-state index is 13.2. The van der Waals surface area contributed by atoms with Crippen molar-refractivity contribution in [2.24, 2.45) is 17.8 Å². The van der Waals surface area contributed by atoms with Gasteiger partial charge in [0.1, 0.15) is 11.5 Å². The lowest BCUT2D eigenvalue weighted by Gasteiger charge is -2.28. The summed E-state index contributed by atoms with van der Waals surface area (Å²) in [4.78, 5) is 20.5. The van der Waals surface area contributed by atoms with E-state index >= 15 is 0 Å². The van der Waals surface area contributed by atoms with E-state index in [1.807, 2.05) is 17.2 Å². The fourth-order valence-corrected chi connectivity index (χ4v) is 4.50. The number of likely N-dealkylation sites (tertiary alicyclic amines) is 1. The van der Waals surface area contributed by atoms with Crippen LogP contribution in [0.25, 0.3) is 11.1 Å². The first-order valence-electron chi connectivity index (χ1n) is 10.6. The van der Waals surface area contributed by atoms with Gasteiger partial charge in [-0.1, -0.05) is 44.2 Å².